The minimum atomic E-state index is -1.08. The lowest BCUT2D eigenvalue weighted by atomic mass is 9.94. The van der Waals surface area contributed by atoms with E-state index in [1.807, 2.05) is 4.90 Å². The standard InChI is InChI=1S/C17H25N3O7/c1-2-26-16(24)10-3-6-19(7-4-10)13-11(9-21)27-15(14(13)23)20-8-5-12(22)18-17(20)25/h5,8,10-11,13-15,21,23H,2-4,6-7,9H2,1H3,(H,18,22,25)/t11-,13?,14+,15-/m1/s1. The molecular weight excluding hydrogens is 358 g/mol. The molecule has 0 aliphatic carbocycles. The van der Waals surface area contributed by atoms with Crippen LogP contribution in [0.15, 0.2) is 21.9 Å². The molecule has 0 bridgehead atoms. The lowest BCUT2D eigenvalue weighted by Gasteiger charge is -2.37. The lowest BCUT2D eigenvalue weighted by molar-refractivity contribution is -0.150. The highest BCUT2D eigenvalue weighted by molar-refractivity contribution is 5.72. The van der Waals surface area contributed by atoms with Gasteiger partial charge in [0.15, 0.2) is 6.23 Å². The molecule has 3 N–H and O–H groups in total. The van der Waals surface area contributed by atoms with E-state index in [1.165, 1.54) is 12.3 Å². The summed E-state index contributed by atoms with van der Waals surface area (Å²) in [6, 6.07) is 0.644. The Morgan fingerprint density at radius 1 is 1.37 bits per heavy atom. The molecule has 150 valence electrons. The number of aromatic amines is 1. The molecule has 0 radical (unpaired) electrons. The number of esters is 1. The molecule has 10 nitrogen and oxygen atoms in total. The first kappa shape index (κ1) is 19.7. The number of likely N-dealkylation sites (tertiary alicyclic amines) is 1. The van der Waals surface area contributed by atoms with E-state index in [4.69, 9.17) is 9.47 Å². The topological polar surface area (TPSA) is 134 Å². The molecule has 2 fully saturated rings. The molecule has 1 aromatic rings. The molecule has 27 heavy (non-hydrogen) atoms. The fourth-order valence-corrected chi connectivity index (χ4v) is 3.88. The summed E-state index contributed by atoms with van der Waals surface area (Å²) in [6.07, 6.45) is -0.349. The van der Waals surface area contributed by atoms with Gasteiger partial charge >= 0.3 is 11.7 Å². The fourth-order valence-electron chi connectivity index (χ4n) is 3.88. The van der Waals surface area contributed by atoms with Crippen LogP contribution in [0, 0.1) is 5.92 Å². The van der Waals surface area contributed by atoms with Crippen molar-refractivity contribution in [3.63, 3.8) is 0 Å². The van der Waals surface area contributed by atoms with Gasteiger partial charge in [-0.3, -0.25) is 24.0 Å². The minimum absolute atomic E-state index is 0.175. The molecular formula is C17H25N3O7. The highest BCUT2D eigenvalue weighted by atomic mass is 16.5. The molecule has 2 saturated heterocycles. The van der Waals surface area contributed by atoms with Crippen molar-refractivity contribution in [3.8, 4) is 0 Å². The second kappa shape index (κ2) is 8.34. The average Bonchev–Trinajstić information content (AvgIpc) is 2.98. The second-order valence-electron chi connectivity index (χ2n) is 6.81. The van der Waals surface area contributed by atoms with Gasteiger partial charge in [0, 0.05) is 12.3 Å². The monoisotopic (exact) mass is 383 g/mol. The Hall–Kier alpha value is -2.01. The number of aliphatic hydroxyl groups excluding tert-OH is 2. The number of carbonyl (C=O) groups excluding carboxylic acids is 1. The number of rotatable bonds is 5. The maximum absolute atomic E-state index is 12.0. The largest absolute Gasteiger partial charge is 0.466 e. The van der Waals surface area contributed by atoms with Crippen LogP contribution in [0.5, 0.6) is 0 Å². The number of hydrogen-bond donors (Lipinski definition) is 3. The average molecular weight is 383 g/mol. The zero-order valence-corrected chi connectivity index (χ0v) is 15.1. The van der Waals surface area contributed by atoms with Gasteiger partial charge in [0.2, 0.25) is 0 Å². The SMILES string of the molecule is CCOC(=O)C1CCN(C2[C@@H](CO)O[C@@H](n3ccc(=O)[nH]c3=O)[C@H]2O)CC1. The summed E-state index contributed by atoms with van der Waals surface area (Å²) in [5, 5.41) is 20.5. The van der Waals surface area contributed by atoms with Crippen molar-refractivity contribution in [3.05, 3.63) is 33.1 Å². The predicted molar refractivity (Wildman–Crippen MR) is 93.0 cm³/mol. The van der Waals surface area contributed by atoms with Gasteiger partial charge in [-0.05, 0) is 32.9 Å². The first-order valence-electron chi connectivity index (χ1n) is 9.12. The van der Waals surface area contributed by atoms with E-state index >= 15 is 0 Å². The second-order valence-corrected chi connectivity index (χ2v) is 6.81. The third kappa shape index (κ3) is 3.98. The fraction of sp³-hybridized carbons (Fsp3) is 0.706. The van der Waals surface area contributed by atoms with E-state index in [9.17, 15) is 24.6 Å². The predicted octanol–water partition coefficient (Wildman–Crippen LogP) is -1.57. The summed E-state index contributed by atoms with van der Waals surface area (Å²) in [5.74, 6) is -0.386. The van der Waals surface area contributed by atoms with Gasteiger partial charge in [-0.2, -0.15) is 0 Å². The summed E-state index contributed by atoms with van der Waals surface area (Å²) in [4.78, 5) is 39.3. The highest BCUT2D eigenvalue weighted by Crippen LogP contribution is 2.34. The maximum Gasteiger partial charge on any atom is 0.330 e. The molecule has 2 aliphatic rings. The van der Waals surface area contributed by atoms with Gasteiger partial charge < -0.3 is 19.7 Å². The zero-order chi connectivity index (χ0) is 19.6. The molecule has 1 unspecified atom stereocenters. The van der Waals surface area contributed by atoms with Gasteiger partial charge in [0.05, 0.1) is 25.2 Å². The van der Waals surface area contributed by atoms with Crippen LogP contribution in [0.3, 0.4) is 0 Å². The number of nitrogens with one attached hydrogen (secondary N) is 1. The Labute approximate surface area is 155 Å². The first-order chi connectivity index (χ1) is 13.0. The van der Waals surface area contributed by atoms with E-state index < -0.39 is 35.7 Å². The van der Waals surface area contributed by atoms with Crippen molar-refractivity contribution < 1.29 is 24.5 Å². The lowest BCUT2D eigenvalue weighted by Crippen LogP contribution is -2.52. The van der Waals surface area contributed by atoms with Crippen molar-refractivity contribution >= 4 is 5.97 Å². The van der Waals surface area contributed by atoms with E-state index in [0.29, 0.717) is 32.5 Å². The Morgan fingerprint density at radius 3 is 2.67 bits per heavy atom. The van der Waals surface area contributed by atoms with E-state index in [1.54, 1.807) is 6.92 Å². The summed E-state index contributed by atoms with van der Waals surface area (Å²) in [6.45, 7) is 2.87. The van der Waals surface area contributed by atoms with Crippen LogP contribution in [0.4, 0.5) is 0 Å². The molecule has 0 saturated carbocycles. The Kier molecular flexibility index (Phi) is 6.10. The third-order valence-electron chi connectivity index (χ3n) is 5.21. The van der Waals surface area contributed by atoms with Crippen LogP contribution in [0.25, 0.3) is 0 Å². The molecule has 0 spiro atoms. The van der Waals surface area contributed by atoms with Crippen molar-refractivity contribution in [2.45, 2.75) is 44.2 Å². The molecule has 2 aliphatic heterocycles. The molecule has 3 heterocycles. The summed E-state index contributed by atoms with van der Waals surface area (Å²) in [7, 11) is 0. The van der Waals surface area contributed by atoms with Gasteiger partial charge in [0.1, 0.15) is 12.2 Å². The number of aliphatic hydroxyl groups is 2. The van der Waals surface area contributed by atoms with Gasteiger partial charge in [-0.15, -0.1) is 0 Å². The molecule has 0 amide bonds. The van der Waals surface area contributed by atoms with Gasteiger partial charge in [-0.25, -0.2) is 4.79 Å². The number of carbonyl (C=O) groups is 1. The number of H-pyrrole nitrogens is 1. The van der Waals surface area contributed by atoms with Crippen molar-refractivity contribution in [2.24, 2.45) is 5.92 Å². The molecule has 10 heteroatoms. The van der Waals surface area contributed by atoms with Crippen molar-refractivity contribution in [2.75, 3.05) is 26.3 Å². The van der Waals surface area contributed by atoms with E-state index in [-0.39, 0.29) is 18.5 Å². The summed E-state index contributed by atoms with van der Waals surface area (Å²) < 4.78 is 11.9. The van der Waals surface area contributed by atoms with Crippen LogP contribution in [0.2, 0.25) is 0 Å². The van der Waals surface area contributed by atoms with Crippen LogP contribution in [0.1, 0.15) is 26.0 Å². The smallest absolute Gasteiger partial charge is 0.330 e. The van der Waals surface area contributed by atoms with Crippen LogP contribution < -0.4 is 11.2 Å². The number of piperidine rings is 1. The normalized spacial score (nSPS) is 29.7. The van der Waals surface area contributed by atoms with Crippen molar-refractivity contribution in [1.82, 2.24) is 14.5 Å². The molecule has 1 aromatic heterocycles. The zero-order valence-electron chi connectivity index (χ0n) is 15.1. The Morgan fingerprint density at radius 2 is 2.07 bits per heavy atom. The number of aromatic nitrogens is 2. The number of hydrogen-bond acceptors (Lipinski definition) is 8. The van der Waals surface area contributed by atoms with E-state index in [2.05, 4.69) is 4.98 Å². The highest BCUT2D eigenvalue weighted by Gasteiger charge is 2.48. The first-order valence-corrected chi connectivity index (χ1v) is 9.12. The maximum atomic E-state index is 12.0. The van der Waals surface area contributed by atoms with Crippen molar-refractivity contribution in [1.29, 1.82) is 0 Å². The van der Waals surface area contributed by atoms with Crippen LogP contribution >= 0.6 is 0 Å². The molecule has 3 rings (SSSR count). The third-order valence-corrected chi connectivity index (χ3v) is 5.21. The van der Waals surface area contributed by atoms with Gasteiger partial charge in [-0.1, -0.05) is 0 Å². The number of nitrogens with zero attached hydrogens (tertiary/aromatic N) is 2. The van der Waals surface area contributed by atoms with Crippen LogP contribution in [-0.2, 0) is 14.3 Å². The van der Waals surface area contributed by atoms with E-state index in [0.717, 1.165) is 4.57 Å². The summed E-state index contributed by atoms with van der Waals surface area (Å²) >= 11 is 0. The Balaban J connectivity index is 1.73. The minimum Gasteiger partial charge on any atom is -0.466 e. The quantitative estimate of drug-likeness (QED) is 0.519. The Bertz CT molecular complexity index is 768. The molecule has 4 atom stereocenters. The molecule has 0 aromatic carbocycles. The van der Waals surface area contributed by atoms with Crippen LogP contribution in [-0.4, -0.2) is 75.2 Å². The van der Waals surface area contributed by atoms with Gasteiger partial charge in [0.25, 0.3) is 5.56 Å². The summed E-state index contributed by atoms with van der Waals surface area (Å²) in [5.41, 5.74) is -1.23. The number of ether oxygens (including phenoxy) is 2.